The van der Waals surface area contributed by atoms with Crippen LogP contribution in [0.3, 0.4) is 0 Å². The summed E-state index contributed by atoms with van der Waals surface area (Å²) in [6.07, 6.45) is 0.578. The molecule has 0 spiro atoms. The van der Waals surface area contributed by atoms with Crippen molar-refractivity contribution in [1.29, 1.82) is 0 Å². The monoisotopic (exact) mass is 361 g/mol. The number of nitrogens with zero attached hydrogens (tertiary/aromatic N) is 1. The normalized spacial score (nSPS) is 10.6. The van der Waals surface area contributed by atoms with Gasteiger partial charge in [0.2, 0.25) is 0 Å². The molecule has 1 aromatic heterocycles. The number of benzene rings is 1. The Morgan fingerprint density at radius 3 is 2.85 bits per heavy atom. The molecule has 8 heteroatoms. The summed E-state index contributed by atoms with van der Waals surface area (Å²) >= 11 is 4.24. The molecule has 0 aliphatic rings. The maximum Gasteiger partial charge on any atom is 0.275 e. The second kappa shape index (κ2) is 6.38. The Bertz CT molecular complexity index is 648. The minimum Gasteiger partial charge on any atom is -0.330 e. The molecule has 0 aliphatic carbocycles. The van der Waals surface area contributed by atoms with Gasteiger partial charge >= 0.3 is 0 Å². The number of hydrogen-bond donors (Lipinski definition) is 2. The van der Waals surface area contributed by atoms with E-state index in [2.05, 4.69) is 26.2 Å². The van der Waals surface area contributed by atoms with E-state index in [0.717, 1.165) is 11.1 Å². The van der Waals surface area contributed by atoms with Gasteiger partial charge in [-0.15, -0.1) is 11.3 Å². The van der Waals surface area contributed by atoms with E-state index in [0.29, 0.717) is 19.0 Å². The maximum atomic E-state index is 13.5. The quantitative estimate of drug-likeness (QED) is 0.822. The molecule has 0 bridgehead atoms. The molecule has 0 saturated carbocycles. The number of amides is 1. The molecule has 4 nitrogen and oxygen atoms in total. The highest BCUT2D eigenvalue weighted by Crippen LogP contribution is 2.24. The first-order chi connectivity index (χ1) is 9.51. The van der Waals surface area contributed by atoms with Crippen molar-refractivity contribution < 1.29 is 13.6 Å². The average Bonchev–Trinajstić information content (AvgIpc) is 2.85. The highest BCUT2D eigenvalue weighted by Gasteiger charge is 2.14. The van der Waals surface area contributed by atoms with Crippen molar-refractivity contribution in [3.8, 4) is 0 Å². The van der Waals surface area contributed by atoms with E-state index in [9.17, 15) is 13.6 Å². The van der Waals surface area contributed by atoms with Crippen LogP contribution in [0.2, 0.25) is 0 Å². The maximum absolute atomic E-state index is 13.5. The summed E-state index contributed by atoms with van der Waals surface area (Å²) in [6, 6.07) is 1.86. The first kappa shape index (κ1) is 15.0. The number of nitrogens with one attached hydrogen (secondary N) is 1. The van der Waals surface area contributed by atoms with Crippen LogP contribution >= 0.6 is 27.3 Å². The molecule has 106 valence electrons. The summed E-state index contributed by atoms with van der Waals surface area (Å²) in [5.41, 5.74) is 5.46. The van der Waals surface area contributed by atoms with E-state index >= 15 is 0 Å². The lowest BCUT2D eigenvalue weighted by molar-refractivity contribution is 0.102. The van der Waals surface area contributed by atoms with Gasteiger partial charge in [-0.05, 0) is 28.5 Å². The van der Waals surface area contributed by atoms with Gasteiger partial charge in [0.25, 0.3) is 5.91 Å². The van der Waals surface area contributed by atoms with Gasteiger partial charge in [0.05, 0.1) is 15.2 Å². The standard InChI is InChI=1S/C12H10BrF2N3OS/c13-6-3-9(8(15)4-7(6)14)18-12(19)10-5-20-11(17-10)1-2-16/h3-5H,1-2,16H2,(H,18,19). The zero-order valence-electron chi connectivity index (χ0n) is 10.1. The van der Waals surface area contributed by atoms with E-state index in [1.54, 1.807) is 5.38 Å². The van der Waals surface area contributed by atoms with Crippen molar-refractivity contribution in [2.75, 3.05) is 11.9 Å². The van der Waals surface area contributed by atoms with Crippen LogP contribution in [0.5, 0.6) is 0 Å². The Balaban J connectivity index is 2.16. The van der Waals surface area contributed by atoms with Gasteiger partial charge in [0.1, 0.15) is 17.3 Å². The largest absolute Gasteiger partial charge is 0.330 e. The number of nitrogens with two attached hydrogens (primary N) is 1. The van der Waals surface area contributed by atoms with E-state index in [1.165, 1.54) is 11.3 Å². The fourth-order valence-electron chi connectivity index (χ4n) is 1.46. The summed E-state index contributed by atoms with van der Waals surface area (Å²) < 4.78 is 26.7. The minimum absolute atomic E-state index is 0.0660. The molecule has 1 heterocycles. The predicted molar refractivity (Wildman–Crippen MR) is 76.9 cm³/mol. The lowest BCUT2D eigenvalue weighted by atomic mass is 10.3. The number of anilines is 1. The number of halogens is 3. The van der Waals surface area contributed by atoms with Crippen LogP contribution in [0.1, 0.15) is 15.5 Å². The van der Waals surface area contributed by atoms with Crippen LogP contribution in [-0.4, -0.2) is 17.4 Å². The average molecular weight is 362 g/mol. The Hall–Kier alpha value is -1.38. The Morgan fingerprint density at radius 1 is 1.40 bits per heavy atom. The van der Waals surface area contributed by atoms with Gasteiger partial charge in [-0.3, -0.25) is 4.79 Å². The summed E-state index contributed by atoms with van der Waals surface area (Å²) in [6.45, 7) is 0.439. The lowest BCUT2D eigenvalue weighted by Crippen LogP contribution is -2.14. The first-order valence-electron chi connectivity index (χ1n) is 5.61. The number of hydrogen-bond acceptors (Lipinski definition) is 4. The van der Waals surface area contributed by atoms with Gasteiger partial charge in [-0.1, -0.05) is 0 Å². The van der Waals surface area contributed by atoms with E-state index in [4.69, 9.17) is 5.73 Å². The molecule has 1 aromatic carbocycles. The smallest absolute Gasteiger partial charge is 0.275 e. The Labute approximate surface area is 126 Å². The number of rotatable bonds is 4. The Morgan fingerprint density at radius 2 is 2.15 bits per heavy atom. The fourth-order valence-corrected chi connectivity index (χ4v) is 2.60. The topological polar surface area (TPSA) is 68.0 Å². The third-order valence-electron chi connectivity index (χ3n) is 2.40. The molecule has 0 radical (unpaired) electrons. The lowest BCUT2D eigenvalue weighted by Gasteiger charge is -2.06. The first-order valence-corrected chi connectivity index (χ1v) is 7.29. The Kier molecular flexibility index (Phi) is 4.79. The van der Waals surface area contributed by atoms with Crippen molar-refractivity contribution in [1.82, 2.24) is 4.98 Å². The molecule has 0 saturated heterocycles. The number of carbonyl (C=O) groups is 1. The molecule has 2 rings (SSSR count). The molecule has 20 heavy (non-hydrogen) atoms. The van der Waals surface area contributed by atoms with E-state index in [1.807, 2.05) is 0 Å². The summed E-state index contributed by atoms with van der Waals surface area (Å²) in [5, 5.41) is 4.65. The molecule has 0 fully saturated rings. The van der Waals surface area contributed by atoms with Crippen molar-refractivity contribution >= 4 is 38.9 Å². The molecular formula is C12H10BrF2N3OS. The van der Waals surface area contributed by atoms with Crippen molar-refractivity contribution in [2.45, 2.75) is 6.42 Å². The van der Waals surface area contributed by atoms with Gasteiger partial charge in [-0.25, -0.2) is 13.8 Å². The van der Waals surface area contributed by atoms with Gasteiger partial charge < -0.3 is 11.1 Å². The molecular weight excluding hydrogens is 352 g/mol. The molecule has 0 unspecified atom stereocenters. The molecule has 2 aromatic rings. The second-order valence-electron chi connectivity index (χ2n) is 3.87. The van der Waals surface area contributed by atoms with Gasteiger partial charge in [0.15, 0.2) is 0 Å². The summed E-state index contributed by atoms with van der Waals surface area (Å²) in [5.74, 6) is -2.14. The van der Waals surface area contributed by atoms with E-state index in [-0.39, 0.29) is 15.9 Å². The molecule has 1 amide bonds. The molecule has 3 N–H and O–H groups in total. The highest BCUT2D eigenvalue weighted by atomic mass is 79.9. The molecule has 0 atom stereocenters. The van der Waals surface area contributed by atoms with E-state index < -0.39 is 17.5 Å². The third-order valence-corrected chi connectivity index (χ3v) is 3.92. The van der Waals surface area contributed by atoms with Crippen molar-refractivity contribution in [3.63, 3.8) is 0 Å². The van der Waals surface area contributed by atoms with Crippen LogP contribution in [0.15, 0.2) is 22.0 Å². The zero-order valence-corrected chi connectivity index (χ0v) is 12.5. The van der Waals surface area contributed by atoms with Gasteiger partial charge in [0, 0.05) is 17.9 Å². The van der Waals surface area contributed by atoms with Crippen LogP contribution in [0.25, 0.3) is 0 Å². The van der Waals surface area contributed by atoms with Crippen LogP contribution in [-0.2, 0) is 6.42 Å². The van der Waals surface area contributed by atoms with Crippen molar-refractivity contribution in [3.05, 3.63) is 44.3 Å². The van der Waals surface area contributed by atoms with Crippen LogP contribution < -0.4 is 11.1 Å². The highest BCUT2D eigenvalue weighted by molar-refractivity contribution is 9.10. The van der Waals surface area contributed by atoms with Crippen molar-refractivity contribution in [2.24, 2.45) is 5.73 Å². The second-order valence-corrected chi connectivity index (χ2v) is 5.66. The summed E-state index contributed by atoms with van der Waals surface area (Å²) in [4.78, 5) is 16.0. The third kappa shape index (κ3) is 3.38. The minimum atomic E-state index is -0.850. The zero-order chi connectivity index (χ0) is 14.7. The van der Waals surface area contributed by atoms with Crippen LogP contribution in [0.4, 0.5) is 14.5 Å². The van der Waals surface area contributed by atoms with Crippen LogP contribution in [0, 0.1) is 11.6 Å². The van der Waals surface area contributed by atoms with Gasteiger partial charge in [-0.2, -0.15) is 0 Å². The SMILES string of the molecule is NCCc1nc(C(=O)Nc2cc(Br)c(F)cc2F)cs1. The summed E-state index contributed by atoms with van der Waals surface area (Å²) in [7, 11) is 0. The number of aromatic nitrogens is 1. The number of thiazole rings is 1. The number of carbonyl (C=O) groups excluding carboxylic acids is 1. The molecule has 0 aliphatic heterocycles. The predicted octanol–water partition coefficient (Wildman–Crippen LogP) is 2.94. The fraction of sp³-hybridized carbons (Fsp3) is 0.167.